The number of hydrogen-bond acceptors (Lipinski definition) is 4. The van der Waals surface area contributed by atoms with Crippen molar-refractivity contribution in [3.8, 4) is 0 Å². The van der Waals surface area contributed by atoms with Crippen LogP contribution in [0.15, 0.2) is 24.4 Å². The average Bonchev–Trinajstić information content (AvgIpc) is 3.07. The van der Waals surface area contributed by atoms with E-state index in [1.807, 2.05) is 23.1 Å². The Morgan fingerprint density at radius 2 is 2.19 bits per heavy atom. The first-order chi connectivity index (χ1) is 12.7. The predicted octanol–water partition coefficient (Wildman–Crippen LogP) is 2.12. The van der Waals surface area contributed by atoms with Gasteiger partial charge in [0.15, 0.2) is 5.69 Å². The van der Waals surface area contributed by atoms with E-state index in [0.29, 0.717) is 24.5 Å². The minimum Gasteiger partial charge on any atom is -0.383 e. The van der Waals surface area contributed by atoms with Crippen LogP contribution >= 0.6 is 0 Å². The normalized spacial score (nSPS) is 17.5. The van der Waals surface area contributed by atoms with Gasteiger partial charge in [0.05, 0.1) is 12.1 Å². The number of nitrogens with one attached hydrogen (secondary N) is 1. The monoisotopic (exact) mass is 358 g/mol. The molecule has 1 N–H and O–H groups in total. The molecule has 0 spiro atoms. The molecule has 0 radical (unpaired) electrons. The summed E-state index contributed by atoms with van der Waals surface area (Å²) in [5, 5.41) is 2.78. The molecule has 1 saturated heterocycles. The number of nitrogens with zero attached hydrogens (tertiary/aromatic N) is 3. The van der Waals surface area contributed by atoms with Crippen molar-refractivity contribution in [3.05, 3.63) is 35.9 Å². The summed E-state index contributed by atoms with van der Waals surface area (Å²) in [5.41, 5.74) is 0.908. The summed E-state index contributed by atoms with van der Waals surface area (Å²) < 4.78 is 6.68. The van der Waals surface area contributed by atoms with Crippen LogP contribution in [0.1, 0.15) is 53.7 Å². The lowest BCUT2D eigenvalue weighted by Crippen LogP contribution is -2.44. The molecule has 26 heavy (non-hydrogen) atoms. The summed E-state index contributed by atoms with van der Waals surface area (Å²) in [7, 11) is 1.58. The number of likely N-dealkylation sites (tertiary alicyclic amines) is 1. The number of amides is 2. The van der Waals surface area contributed by atoms with E-state index < -0.39 is 0 Å². The molecule has 7 heteroatoms. The van der Waals surface area contributed by atoms with Gasteiger partial charge in [-0.2, -0.15) is 0 Å². The van der Waals surface area contributed by atoms with Crippen molar-refractivity contribution in [1.82, 2.24) is 19.6 Å². The molecule has 0 aromatic carbocycles. The van der Waals surface area contributed by atoms with Crippen LogP contribution < -0.4 is 5.32 Å². The number of fused-ring (bicyclic) bond motifs is 1. The minimum atomic E-state index is -0.296. The van der Waals surface area contributed by atoms with Crippen molar-refractivity contribution in [2.24, 2.45) is 0 Å². The third-order valence-corrected chi connectivity index (χ3v) is 4.91. The molecule has 140 valence electrons. The van der Waals surface area contributed by atoms with Crippen LogP contribution in [0.2, 0.25) is 0 Å². The van der Waals surface area contributed by atoms with Gasteiger partial charge < -0.3 is 15.0 Å². The standard InChI is InChI=1S/C19H26N4O3/c1-3-14-8-4-6-11-22(14)19(25)17-21-16(18(24)20-10-13-26-2)15-9-5-7-12-23(15)17/h5,7,9,12,14H,3-4,6,8,10-11,13H2,1-2H3,(H,20,24). The molecule has 1 fully saturated rings. The predicted molar refractivity (Wildman–Crippen MR) is 98.4 cm³/mol. The average molecular weight is 358 g/mol. The highest BCUT2D eigenvalue weighted by Gasteiger charge is 2.30. The Morgan fingerprint density at radius 3 is 2.96 bits per heavy atom. The van der Waals surface area contributed by atoms with Gasteiger partial charge in [0.2, 0.25) is 5.82 Å². The summed E-state index contributed by atoms with van der Waals surface area (Å²) in [5.74, 6) is -0.0954. The Labute approximate surface area is 153 Å². The third kappa shape index (κ3) is 3.58. The summed E-state index contributed by atoms with van der Waals surface area (Å²) in [6.07, 6.45) is 5.90. The molecule has 7 nitrogen and oxygen atoms in total. The van der Waals surface area contributed by atoms with Crippen LogP contribution in [0, 0.1) is 0 Å². The number of carbonyl (C=O) groups is 2. The number of hydrogen-bond donors (Lipinski definition) is 1. The number of pyridine rings is 1. The Morgan fingerprint density at radius 1 is 1.35 bits per heavy atom. The molecular formula is C19H26N4O3. The fraction of sp³-hybridized carbons (Fsp3) is 0.526. The van der Waals surface area contributed by atoms with E-state index in [2.05, 4.69) is 17.2 Å². The fourth-order valence-electron chi connectivity index (χ4n) is 3.53. The highest BCUT2D eigenvalue weighted by Crippen LogP contribution is 2.23. The van der Waals surface area contributed by atoms with Crippen LogP contribution in [0.3, 0.4) is 0 Å². The Bertz CT molecular complexity index is 786. The number of carbonyl (C=O) groups excluding carboxylic acids is 2. The molecule has 1 aliphatic heterocycles. The Hall–Kier alpha value is -2.41. The van der Waals surface area contributed by atoms with E-state index >= 15 is 0 Å². The summed E-state index contributed by atoms with van der Waals surface area (Å²) in [4.78, 5) is 32.0. The van der Waals surface area contributed by atoms with Crippen molar-refractivity contribution in [3.63, 3.8) is 0 Å². The maximum Gasteiger partial charge on any atom is 0.290 e. The van der Waals surface area contributed by atoms with E-state index in [9.17, 15) is 9.59 Å². The second-order valence-electron chi connectivity index (χ2n) is 6.54. The van der Waals surface area contributed by atoms with Gasteiger partial charge in [0, 0.05) is 32.4 Å². The Kier molecular flexibility index (Phi) is 5.88. The van der Waals surface area contributed by atoms with Gasteiger partial charge in [0.1, 0.15) is 0 Å². The van der Waals surface area contributed by atoms with Gasteiger partial charge >= 0.3 is 0 Å². The van der Waals surface area contributed by atoms with Crippen LogP contribution in [0.5, 0.6) is 0 Å². The van der Waals surface area contributed by atoms with Crippen molar-refractivity contribution < 1.29 is 14.3 Å². The van der Waals surface area contributed by atoms with Crippen molar-refractivity contribution in [1.29, 1.82) is 0 Å². The van der Waals surface area contributed by atoms with Gasteiger partial charge in [-0.1, -0.05) is 13.0 Å². The Balaban J connectivity index is 1.93. The van der Waals surface area contributed by atoms with E-state index in [0.717, 1.165) is 32.2 Å². The third-order valence-electron chi connectivity index (χ3n) is 4.91. The maximum absolute atomic E-state index is 13.2. The molecule has 1 atom stereocenters. The smallest absolute Gasteiger partial charge is 0.290 e. The van der Waals surface area contributed by atoms with E-state index in [1.54, 1.807) is 17.7 Å². The molecule has 2 amide bonds. The lowest BCUT2D eigenvalue weighted by molar-refractivity contribution is 0.0594. The van der Waals surface area contributed by atoms with Crippen molar-refractivity contribution >= 4 is 17.3 Å². The van der Waals surface area contributed by atoms with Gasteiger partial charge in [-0.3, -0.25) is 14.0 Å². The fourth-order valence-corrected chi connectivity index (χ4v) is 3.53. The molecule has 2 aromatic rings. The largest absolute Gasteiger partial charge is 0.383 e. The van der Waals surface area contributed by atoms with Crippen LogP contribution in [-0.2, 0) is 4.74 Å². The number of piperidine rings is 1. The van der Waals surface area contributed by atoms with Gasteiger partial charge in [-0.15, -0.1) is 0 Å². The molecule has 0 bridgehead atoms. The SMILES string of the molecule is CCC1CCCCN1C(=O)c1nc(C(=O)NCCOC)c2ccccn12. The molecule has 0 aliphatic carbocycles. The first-order valence-corrected chi connectivity index (χ1v) is 9.22. The number of rotatable bonds is 6. The summed E-state index contributed by atoms with van der Waals surface area (Å²) >= 11 is 0. The minimum absolute atomic E-state index is 0.103. The molecule has 3 rings (SSSR count). The van der Waals surface area contributed by atoms with Gasteiger partial charge in [-0.25, -0.2) is 4.98 Å². The number of imidazole rings is 1. The highest BCUT2D eigenvalue weighted by molar-refractivity contribution is 6.02. The second kappa shape index (κ2) is 8.31. The maximum atomic E-state index is 13.2. The zero-order valence-corrected chi connectivity index (χ0v) is 15.4. The topological polar surface area (TPSA) is 75.9 Å². The van der Waals surface area contributed by atoms with Crippen LogP contribution in [-0.4, -0.2) is 58.9 Å². The molecule has 1 aliphatic rings. The quantitative estimate of drug-likeness (QED) is 0.803. The first-order valence-electron chi connectivity index (χ1n) is 9.22. The molecule has 2 aromatic heterocycles. The van der Waals surface area contributed by atoms with E-state index in [4.69, 9.17) is 4.74 Å². The van der Waals surface area contributed by atoms with Gasteiger partial charge in [0.25, 0.3) is 11.8 Å². The summed E-state index contributed by atoms with van der Waals surface area (Å²) in [6.45, 7) is 3.67. The molecule has 1 unspecified atom stereocenters. The number of aromatic nitrogens is 2. The zero-order valence-electron chi connectivity index (χ0n) is 15.4. The van der Waals surface area contributed by atoms with Crippen molar-refractivity contribution in [2.45, 2.75) is 38.6 Å². The molecule has 0 saturated carbocycles. The number of ether oxygens (including phenoxy) is 1. The van der Waals surface area contributed by atoms with Crippen LogP contribution in [0.25, 0.3) is 5.52 Å². The van der Waals surface area contributed by atoms with Gasteiger partial charge in [-0.05, 0) is 37.8 Å². The van der Waals surface area contributed by atoms with E-state index in [-0.39, 0.29) is 23.6 Å². The van der Waals surface area contributed by atoms with E-state index in [1.165, 1.54) is 0 Å². The molecular weight excluding hydrogens is 332 g/mol. The van der Waals surface area contributed by atoms with Crippen LogP contribution in [0.4, 0.5) is 0 Å². The second-order valence-corrected chi connectivity index (χ2v) is 6.54. The first kappa shape index (κ1) is 18.4. The number of methoxy groups -OCH3 is 1. The lowest BCUT2D eigenvalue weighted by atomic mass is 10.00. The van der Waals surface area contributed by atoms with Crippen molar-refractivity contribution in [2.75, 3.05) is 26.8 Å². The summed E-state index contributed by atoms with van der Waals surface area (Å²) in [6, 6.07) is 5.73. The zero-order chi connectivity index (χ0) is 18.5. The lowest BCUT2D eigenvalue weighted by Gasteiger charge is -2.34. The highest BCUT2D eigenvalue weighted by atomic mass is 16.5. The molecule has 3 heterocycles.